The van der Waals surface area contributed by atoms with Crippen LogP contribution in [0.3, 0.4) is 0 Å². The third-order valence-electron chi connectivity index (χ3n) is 3.75. The first kappa shape index (κ1) is 20.4. The molecule has 0 spiro atoms. The van der Waals surface area contributed by atoms with Gasteiger partial charge < -0.3 is 4.74 Å². The van der Waals surface area contributed by atoms with Crippen molar-refractivity contribution in [3.8, 4) is 0 Å². The highest BCUT2D eigenvalue weighted by atomic mass is 32.2. The molecule has 3 aromatic rings. The van der Waals surface area contributed by atoms with E-state index in [1.807, 2.05) is 6.92 Å². The molecule has 0 aliphatic rings. The molecular formula is C18H16N4O5S2. The molecule has 11 heteroatoms. The van der Waals surface area contributed by atoms with Gasteiger partial charge >= 0.3 is 5.97 Å². The van der Waals surface area contributed by atoms with Crippen LogP contribution in [-0.4, -0.2) is 37.6 Å². The van der Waals surface area contributed by atoms with Crippen LogP contribution in [0.1, 0.15) is 26.3 Å². The van der Waals surface area contributed by atoms with Crippen LogP contribution in [0.2, 0.25) is 0 Å². The minimum absolute atomic E-state index is 0.0252. The third kappa shape index (κ3) is 4.76. The number of rotatable bonds is 6. The highest BCUT2D eigenvalue weighted by Gasteiger charge is 2.23. The molecule has 0 fully saturated rings. The van der Waals surface area contributed by atoms with E-state index in [1.165, 1.54) is 19.2 Å². The zero-order valence-electron chi connectivity index (χ0n) is 15.4. The number of amides is 1. The van der Waals surface area contributed by atoms with Crippen LogP contribution in [-0.2, 0) is 14.8 Å². The molecule has 2 aromatic carbocycles. The van der Waals surface area contributed by atoms with Gasteiger partial charge in [0, 0.05) is 5.56 Å². The van der Waals surface area contributed by atoms with Crippen molar-refractivity contribution in [2.24, 2.45) is 0 Å². The van der Waals surface area contributed by atoms with Gasteiger partial charge in [-0.2, -0.15) is 8.42 Å². The lowest BCUT2D eigenvalue weighted by molar-refractivity contribution is 0.0602. The van der Waals surface area contributed by atoms with Gasteiger partial charge in [-0.05, 0) is 31.2 Å². The maximum atomic E-state index is 12.6. The molecule has 0 aliphatic carbocycles. The van der Waals surface area contributed by atoms with Crippen molar-refractivity contribution in [1.29, 1.82) is 0 Å². The molecule has 1 aromatic heterocycles. The summed E-state index contributed by atoms with van der Waals surface area (Å²) in [7, 11) is -2.93. The van der Waals surface area contributed by atoms with Crippen LogP contribution >= 0.6 is 11.3 Å². The van der Waals surface area contributed by atoms with Gasteiger partial charge in [0.05, 0.1) is 18.4 Å². The molecule has 150 valence electrons. The Morgan fingerprint density at radius 2 is 1.72 bits per heavy atom. The normalized spacial score (nSPS) is 11.0. The Hall–Kier alpha value is -3.31. The fourth-order valence-corrected chi connectivity index (χ4v) is 4.27. The van der Waals surface area contributed by atoms with Crippen molar-refractivity contribution >= 4 is 44.1 Å². The molecule has 0 bridgehead atoms. The van der Waals surface area contributed by atoms with Gasteiger partial charge in [0.1, 0.15) is 0 Å². The minimum atomic E-state index is -4.13. The van der Waals surface area contributed by atoms with Crippen LogP contribution in [0.25, 0.3) is 0 Å². The molecule has 0 radical (unpaired) electrons. The molecule has 2 N–H and O–H groups in total. The number of aromatic nitrogens is 2. The van der Waals surface area contributed by atoms with Gasteiger partial charge in [0.15, 0.2) is 0 Å². The number of hydrogen-bond donors (Lipinski definition) is 2. The number of nitrogens with zero attached hydrogens (tertiary/aromatic N) is 2. The van der Waals surface area contributed by atoms with Crippen molar-refractivity contribution in [3.63, 3.8) is 0 Å². The number of anilines is 2. The van der Waals surface area contributed by atoms with Gasteiger partial charge in [-0.3, -0.25) is 14.8 Å². The van der Waals surface area contributed by atoms with Crippen LogP contribution in [0.4, 0.5) is 10.8 Å². The van der Waals surface area contributed by atoms with Gasteiger partial charge in [0.25, 0.3) is 20.3 Å². The van der Waals surface area contributed by atoms with Crippen LogP contribution < -0.4 is 10.0 Å². The number of sulfonamides is 1. The number of carbonyl (C=O) groups is 2. The fourth-order valence-electron chi connectivity index (χ4n) is 2.29. The second-order valence-electron chi connectivity index (χ2n) is 5.84. The van der Waals surface area contributed by atoms with E-state index in [4.69, 9.17) is 0 Å². The molecule has 0 saturated carbocycles. The average Bonchev–Trinajstić information content (AvgIpc) is 3.17. The summed E-state index contributed by atoms with van der Waals surface area (Å²) in [6.07, 6.45) is 0. The Bertz CT molecular complexity index is 1160. The van der Waals surface area contributed by atoms with E-state index >= 15 is 0 Å². The topological polar surface area (TPSA) is 127 Å². The van der Waals surface area contributed by atoms with E-state index in [0.29, 0.717) is 16.9 Å². The van der Waals surface area contributed by atoms with Crippen LogP contribution in [0, 0.1) is 6.92 Å². The maximum Gasteiger partial charge on any atom is 0.339 e. The number of benzene rings is 2. The number of aryl methyl sites for hydroxylation is 1. The highest BCUT2D eigenvalue weighted by Crippen LogP contribution is 2.25. The lowest BCUT2D eigenvalue weighted by atomic mass is 10.1. The zero-order chi connectivity index (χ0) is 21.0. The van der Waals surface area contributed by atoms with Crippen LogP contribution in [0.5, 0.6) is 0 Å². The number of methoxy groups -OCH3 is 1. The summed E-state index contributed by atoms with van der Waals surface area (Å²) in [5.41, 5.74) is 1.50. The second kappa shape index (κ2) is 8.37. The Kier molecular flexibility index (Phi) is 5.89. The van der Waals surface area contributed by atoms with Gasteiger partial charge in [-0.25, -0.2) is 4.79 Å². The van der Waals surface area contributed by atoms with E-state index in [2.05, 4.69) is 25.0 Å². The number of carbonyl (C=O) groups excluding carboxylic acids is 2. The van der Waals surface area contributed by atoms with Crippen molar-refractivity contribution in [3.05, 3.63) is 65.2 Å². The SMILES string of the molecule is COC(=O)c1ccccc1NS(=O)(=O)c1nnc(NC(=O)c2ccc(C)cc2)s1. The molecule has 0 unspecified atom stereocenters. The number of esters is 1. The summed E-state index contributed by atoms with van der Waals surface area (Å²) in [5, 5.41) is 9.87. The predicted molar refractivity (Wildman–Crippen MR) is 108 cm³/mol. The summed E-state index contributed by atoms with van der Waals surface area (Å²) >= 11 is 0.684. The smallest absolute Gasteiger partial charge is 0.339 e. The van der Waals surface area contributed by atoms with Crippen molar-refractivity contribution < 1.29 is 22.7 Å². The van der Waals surface area contributed by atoms with Crippen molar-refractivity contribution in [1.82, 2.24) is 10.2 Å². The lowest BCUT2D eigenvalue weighted by Crippen LogP contribution is -2.16. The Morgan fingerprint density at radius 1 is 1.03 bits per heavy atom. The first-order valence-corrected chi connectivity index (χ1v) is 10.5. The third-order valence-corrected chi connectivity index (χ3v) is 6.32. The summed E-state index contributed by atoms with van der Waals surface area (Å²) in [6.45, 7) is 1.90. The number of ether oxygens (including phenoxy) is 1. The maximum absolute atomic E-state index is 12.6. The monoisotopic (exact) mass is 432 g/mol. The van der Waals surface area contributed by atoms with E-state index in [9.17, 15) is 18.0 Å². The van der Waals surface area contributed by atoms with Crippen molar-refractivity contribution in [2.45, 2.75) is 11.3 Å². The summed E-state index contributed by atoms with van der Waals surface area (Å²) in [6, 6.07) is 12.9. The minimum Gasteiger partial charge on any atom is -0.465 e. The summed E-state index contributed by atoms with van der Waals surface area (Å²) in [5.74, 6) is -1.12. The number of para-hydroxylation sites is 1. The molecule has 9 nitrogen and oxygen atoms in total. The van der Waals surface area contributed by atoms with E-state index in [0.717, 1.165) is 5.56 Å². The Balaban J connectivity index is 1.78. The van der Waals surface area contributed by atoms with E-state index in [-0.39, 0.29) is 20.7 Å². The Morgan fingerprint density at radius 3 is 2.41 bits per heavy atom. The molecule has 3 rings (SSSR count). The van der Waals surface area contributed by atoms with Gasteiger partial charge in [-0.15, -0.1) is 10.2 Å². The largest absolute Gasteiger partial charge is 0.465 e. The molecule has 1 amide bonds. The predicted octanol–water partition coefficient (Wildman–Crippen LogP) is 2.69. The molecular weight excluding hydrogens is 416 g/mol. The van der Waals surface area contributed by atoms with Gasteiger partial charge in [0.2, 0.25) is 5.13 Å². The highest BCUT2D eigenvalue weighted by molar-refractivity contribution is 7.94. The molecule has 0 saturated heterocycles. The van der Waals surface area contributed by atoms with Crippen molar-refractivity contribution in [2.75, 3.05) is 17.1 Å². The Labute approximate surface area is 170 Å². The standard InChI is InChI=1S/C18H16N4O5S2/c1-11-7-9-12(10-8-11)15(23)19-17-20-21-18(28-17)29(25,26)22-14-6-4-3-5-13(14)16(24)27-2/h3-10,22H,1-2H3,(H,19,20,23). The van der Waals surface area contributed by atoms with Gasteiger partial charge in [-0.1, -0.05) is 41.2 Å². The molecule has 29 heavy (non-hydrogen) atoms. The van der Waals surface area contributed by atoms with Crippen LogP contribution in [0.15, 0.2) is 52.9 Å². The number of hydrogen-bond acceptors (Lipinski definition) is 8. The average molecular weight is 432 g/mol. The molecule has 1 heterocycles. The zero-order valence-corrected chi connectivity index (χ0v) is 17.0. The quantitative estimate of drug-likeness (QED) is 0.453. The van der Waals surface area contributed by atoms with E-state index in [1.54, 1.807) is 36.4 Å². The number of nitrogens with one attached hydrogen (secondary N) is 2. The second-order valence-corrected chi connectivity index (χ2v) is 8.67. The fraction of sp³-hybridized carbons (Fsp3) is 0.111. The molecule has 0 atom stereocenters. The summed E-state index contributed by atoms with van der Waals surface area (Å²) in [4.78, 5) is 24.0. The first-order valence-electron chi connectivity index (χ1n) is 8.22. The van der Waals surface area contributed by atoms with E-state index < -0.39 is 21.9 Å². The molecule has 0 aliphatic heterocycles. The summed E-state index contributed by atoms with van der Waals surface area (Å²) < 4.78 is 31.8. The lowest BCUT2D eigenvalue weighted by Gasteiger charge is -2.09. The first-order chi connectivity index (χ1) is 13.8.